The molecular weight excluding hydrogens is 336 g/mol. The number of carbonyl (C=O) groups excluding carboxylic acids is 2. The summed E-state index contributed by atoms with van der Waals surface area (Å²) < 4.78 is 28.8. The molecular formula is C14H16N4O5S. The molecule has 1 aromatic heterocycles. The van der Waals surface area contributed by atoms with E-state index in [-0.39, 0.29) is 10.5 Å². The molecule has 1 unspecified atom stereocenters. The molecule has 24 heavy (non-hydrogen) atoms. The number of benzene rings is 1. The van der Waals surface area contributed by atoms with E-state index in [1.54, 1.807) is 7.05 Å². The van der Waals surface area contributed by atoms with E-state index in [1.165, 1.54) is 48.3 Å². The van der Waals surface area contributed by atoms with Gasteiger partial charge in [-0.15, -0.1) is 0 Å². The summed E-state index contributed by atoms with van der Waals surface area (Å²) in [5, 5.41) is 11.3. The Morgan fingerprint density at radius 2 is 1.92 bits per heavy atom. The van der Waals surface area contributed by atoms with Crippen LogP contribution in [0.5, 0.6) is 0 Å². The largest absolute Gasteiger partial charge is 0.449 e. The fourth-order valence-corrected chi connectivity index (χ4v) is 2.30. The number of hydrogen-bond acceptors (Lipinski definition) is 6. The van der Waals surface area contributed by atoms with Crippen LogP contribution in [0.25, 0.3) is 0 Å². The van der Waals surface area contributed by atoms with Crippen molar-refractivity contribution in [3.63, 3.8) is 0 Å². The highest BCUT2D eigenvalue weighted by Crippen LogP contribution is 2.13. The number of primary sulfonamides is 1. The number of nitrogens with zero attached hydrogens (tertiary/aromatic N) is 2. The summed E-state index contributed by atoms with van der Waals surface area (Å²) in [4.78, 5) is 23.8. The van der Waals surface area contributed by atoms with Crippen LogP contribution in [0.2, 0.25) is 0 Å². The summed E-state index contributed by atoms with van der Waals surface area (Å²) in [6.45, 7) is 1.42. The van der Waals surface area contributed by atoms with Crippen molar-refractivity contribution in [3.05, 3.63) is 42.2 Å². The van der Waals surface area contributed by atoms with Crippen LogP contribution in [0.3, 0.4) is 0 Å². The van der Waals surface area contributed by atoms with Crippen LogP contribution in [0.15, 0.2) is 41.6 Å². The van der Waals surface area contributed by atoms with Gasteiger partial charge in [-0.3, -0.25) is 9.48 Å². The second-order valence-electron chi connectivity index (χ2n) is 5.01. The maximum absolute atomic E-state index is 12.0. The number of anilines is 1. The topological polar surface area (TPSA) is 133 Å². The summed E-state index contributed by atoms with van der Waals surface area (Å²) in [6, 6.07) is 5.29. The molecule has 0 spiro atoms. The van der Waals surface area contributed by atoms with Gasteiger partial charge in [0.1, 0.15) is 0 Å². The van der Waals surface area contributed by atoms with Gasteiger partial charge in [0.2, 0.25) is 10.0 Å². The molecule has 9 nitrogen and oxygen atoms in total. The molecule has 1 heterocycles. The maximum Gasteiger partial charge on any atom is 0.342 e. The van der Waals surface area contributed by atoms with Gasteiger partial charge in [-0.25, -0.2) is 18.4 Å². The highest BCUT2D eigenvalue weighted by Gasteiger charge is 2.20. The summed E-state index contributed by atoms with van der Waals surface area (Å²) in [6.07, 6.45) is 1.76. The number of rotatable bonds is 5. The van der Waals surface area contributed by atoms with Crippen LogP contribution in [-0.4, -0.2) is 36.2 Å². The number of hydrogen-bond donors (Lipinski definition) is 2. The van der Waals surface area contributed by atoms with Crippen molar-refractivity contribution in [1.82, 2.24) is 9.78 Å². The van der Waals surface area contributed by atoms with Crippen molar-refractivity contribution in [1.29, 1.82) is 0 Å². The van der Waals surface area contributed by atoms with Crippen molar-refractivity contribution >= 4 is 27.6 Å². The molecule has 0 saturated carbocycles. The number of esters is 1. The van der Waals surface area contributed by atoms with E-state index in [4.69, 9.17) is 9.88 Å². The van der Waals surface area contributed by atoms with Gasteiger partial charge >= 0.3 is 5.97 Å². The monoisotopic (exact) mass is 352 g/mol. The minimum absolute atomic E-state index is 0.0726. The first-order valence-corrected chi connectivity index (χ1v) is 8.35. The van der Waals surface area contributed by atoms with Gasteiger partial charge in [-0.05, 0) is 31.2 Å². The van der Waals surface area contributed by atoms with Crippen molar-refractivity contribution < 1.29 is 22.7 Å². The first-order valence-electron chi connectivity index (χ1n) is 6.80. The van der Waals surface area contributed by atoms with Crippen molar-refractivity contribution in [2.75, 3.05) is 5.32 Å². The Kier molecular flexibility index (Phi) is 5.00. The molecule has 128 valence electrons. The minimum Gasteiger partial charge on any atom is -0.449 e. The zero-order valence-electron chi connectivity index (χ0n) is 13.0. The molecule has 0 radical (unpaired) electrons. The number of ether oxygens (including phenoxy) is 1. The van der Waals surface area contributed by atoms with E-state index < -0.39 is 28.0 Å². The summed E-state index contributed by atoms with van der Waals surface area (Å²) in [7, 11) is -2.15. The van der Waals surface area contributed by atoms with Crippen LogP contribution in [0, 0.1) is 0 Å². The van der Waals surface area contributed by atoms with E-state index >= 15 is 0 Å². The predicted molar refractivity (Wildman–Crippen MR) is 84.5 cm³/mol. The van der Waals surface area contributed by atoms with Gasteiger partial charge in [0.05, 0.1) is 16.7 Å². The van der Waals surface area contributed by atoms with Crippen LogP contribution in [-0.2, 0) is 26.6 Å². The summed E-state index contributed by atoms with van der Waals surface area (Å²) in [5.74, 6) is -1.23. The SMILES string of the molecule is CC(OC(=O)c1cnn(C)c1)C(=O)Nc1ccc(S(N)(=O)=O)cc1. The van der Waals surface area contributed by atoms with E-state index in [1.807, 2.05) is 0 Å². The normalized spacial score (nSPS) is 12.5. The Hall–Kier alpha value is -2.72. The average Bonchev–Trinajstić information content (AvgIpc) is 2.93. The minimum atomic E-state index is -3.80. The van der Waals surface area contributed by atoms with Crippen LogP contribution < -0.4 is 10.5 Å². The second kappa shape index (κ2) is 6.81. The fourth-order valence-electron chi connectivity index (χ4n) is 1.78. The van der Waals surface area contributed by atoms with E-state index in [2.05, 4.69) is 10.4 Å². The standard InChI is InChI=1S/C14H16N4O5S/c1-9(23-14(20)10-7-16-18(2)8-10)13(19)17-11-3-5-12(6-4-11)24(15,21)22/h3-9H,1-2H3,(H,17,19)(H2,15,21,22). The third-order valence-electron chi connectivity index (χ3n) is 3.04. The molecule has 0 bridgehead atoms. The number of nitrogens with two attached hydrogens (primary N) is 1. The van der Waals surface area contributed by atoms with E-state index in [0.717, 1.165) is 0 Å². The van der Waals surface area contributed by atoms with Crippen LogP contribution >= 0.6 is 0 Å². The third-order valence-corrected chi connectivity index (χ3v) is 3.97. The Morgan fingerprint density at radius 1 is 1.29 bits per heavy atom. The highest BCUT2D eigenvalue weighted by atomic mass is 32.2. The lowest BCUT2D eigenvalue weighted by molar-refractivity contribution is -0.123. The van der Waals surface area contributed by atoms with Crippen molar-refractivity contribution in [2.45, 2.75) is 17.9 Å². The van der Waals surface area contributed by atoms with E-state index in [0.29, 0.717) is 5.69 Å². The number of nitrogens with one attached hydrogen (secondary N) is 1. The first-order chi connectivity index (χ1) is 11.2. The molecule has 0 saturated heterocycles. The quantitative estimate of drug-likeness (QED) is 0.741. The Labute approximate surface area is 138 Å². The van der Waals surface area contributed by atoms with E-state index in [9.17, 15) is 18.0 Å². The lowest BCUT2D eigenvalue weighted by Crippen LogP contribution is -2.29. The predicted octanol–water partition coefficient (Wildman–Crippen LogP) is 0.252. The lowest BCUT2D eigenvalue weighted by Gasteiger charge is -2.13. The number of amides is 1. The number of carbonyl (C=O) groups is 2. The number of aryl methyl sites for hydroxylation is 1. The van der Waals surface area contributed by atoms with Crippen LogP contribution in [0.4, 0.5) is 5.69 Å². The Morgan fingerprint density at radius 3 is 2.42 bits per heavy atom. The van der Waals surface area contributed by atoms with Gasteiger partial charge in [0.15, 0.2) is 6.10 Å². The average molecular weight is 352 g/mol. The summed E-state index contributed by atoms with van der Waals surface area (Å²) >= 11 is 0. The molecule has 2 rings (SSSR count). The van der Waals surface area contributed by atoms with Gasteiger partial charge in [-0.2, -0.15) is 5.10 Å². The Bertz CT molecular complexity index is 858. The summed E-state index contributed by atoms with van der Waals surface area (Å²) in [5.41, 5.74) is 0.575. The van der Waals surface area contributed by atoms with Gasteiger partial charge in [0, 0.05) is 18.9 Å². The smallest absolute Gasteiger partial charge is 0.342 e. The maximum atomic E-state index is 12.0. The highest BCUT2D eigenvalue weighted by molar-refractivity contribution is 7.89. The molecule has 10 heteroatoms. The zero-order valence-corrected chi connectivity index (χ0v) is 13.8. The van der Waals surface area contributed by atoms with Crippen molar-refractivity contribution in [2.24, 2.45) is 12.2 Å². The Balaban J connectivity index is 1.97. The molecule has 1 amide bonds. The number of sulfonamides is 1. The molecule has 1 aromatic carbocycles. The second-order valence-corrected chi connectivity index (χ2v) is 6.57. The molecule has 0 aliphatic carbocycles. The molecule has 3 N–H and O–H groups in total. The van der Waals surface area contributed by atoms with Crippen molar-refractivity contribution in [3.8, 4) is 0 Å². The fraction of sp³-hybridized carbons (Fsp3) is 0.214. The number of aromatic nitrogens is 2. The van der Waals surface area contributed by atoms with Gasteiger partial charge in [0.25, 0.3) is 5.91 Å². The third kappa shape index (κ3) is 4.40. The molecule has 0 aliphatic heterocycles. The van der Waals surface area contributed by atoms with Crippen LogP contribution in [0.1, 0.15) is 17.3 Å². The lowest BCUT2D eigenvalue weighted by atomic mass is 10.3. The molecule has 0 fully saturated rings. The molecule has 2 aromatic rings. The first kappa shape index (κ1) is 17.6. The van der Waals surface area contributed by atoms with Gasteiger partial charge in [-0.1, -0.05) is 0 Å². The van der Waals surface area contributed by atoms with Gasteiger partial charge < -0.3 is 10.1 Å². The zero-order chi connectivity index (χ0) is 17.9. The molecule has 1 atom stereocenters. The molecule has 0 aliphatic rings.